The van der Waals surface area contributed by atoms with Crippen LogP contribution in [0, 0.1) is 23.5 Å². The Bertz CT molecular complexity index is 1630. The summed E-state index contributed by atoms with van der Waals surface area (Å²) in [6, 6.07) is 12.0. The van der Waals surface area contributed by atoms with Crippen LogP contribution in [0.4, 0.5) is 27.6 Å². The van der Waals surface area contributed by atoms with E-state index in [1.807, 2.05) is 0 Å². The molecular weight excluding hydrogens is 623 g/mol. The Balaban J connectivity index is 1.19. The number of nitrogens with one attached hydrogen (secondary N) is 1. The smallest absolute Gasteiger partial charge is 0.383 e. The number of amides is 1. The summed E-state index contributed by atoms with van der Waals surface area (Å²) >= 11 is 5.94. The van der Waals surface area contributed by atoms with E-state index in [9.17, 15) is 31.9 Å². The molecule has 4 aromatic rings. The lowest BCUT2D eigenvalue weighted by molar-refractivity contribution is -0.210. The van der Waals surface area contributed by atoms with E-state index in [2.05, 4.69) is 15.4 Å². The van der Waals surface area contributed by atoms with Crippen LogP contribution >= 0.6 is 11.6 Å². The van der Waals surface area contributed by atoms with Crippen LogP contribution < -0.4 is 5.32 Å². The number of halogens is 6. The van der Waals surface area contributed by atoms with Crippen molar-refractivity contribution >= 4 is 23.2 Å². The maximum absolute atomic E-state index is 14.8. The number of benzene rings is 3. The molecule has 238 valence electrons. The number of rotatable bonds is 9. The molecule has 5 rings (SSSR count). The van der Waals surface area contributed by atoms with Gasteiger partial charge in [0.05, 0.1) is 36.0 Å². The molecular formula is C31H28ClF5N4O4. The molecule has 0 bridgehead atoms. The quantitative estimate of drug-likeness (QED) is 0.194. The Hall–Kier alpha value is -3.91. The zero-order chi connectivity index (χ0) is 32.4. The van der Waals surface area contributed by atoms with Gasteiger partial charge in [-0.05, 0) is 48.7 Å². The van der Waals surface area contributed by atoms with Gasteiger partial charge in [-0.1, -0.05) is 36.7 Å². The molecule has 1 fully saturated rings. The molecule has 0 aliphatic carbocycles. The van der Waals surface area contributed by atoms with Crippen LogP contribution in [0.2, 0.25) is 5.02 Å². The van der Waals surface area contributed by atoms with Crippen molar-refractivity contribution in [1.82, 2.24) is 14.8 Å². The average molecular weight is 651 g/mol. The van der Waals surface area contributed by atoms with Gasteiger partial charge in [-0.3, -0.25) is 4.79 Å². The Kier molecular flexibility index (Phi) is 9.54. The summed E-state index contributed by atoms with van der Waals surface area (Å²) in [5.74, 6) is -2.91. The van der Waals surface area contributed by atoms with Crippen LogP contribution in [0.25, 0.3) is 0 Å². The number of carbonyl (C=O) groups excluding carboxylic acids is 1. The molecule has 2 N–H and O–H groups in total. The highest BCUT2D eigenvalue weighted by atomic mass is 35.5. The van der Waals surface area contributed by atoms with Crippen molar-refractivity contribution < 1.29 is 41.3 Å². The van der Waals surface area contributed by atoms with E-state index < -0.39 is 47.1 Å². The lowest BCUT2D eigenvalue weighted by Crippen LogP contribution is -2.41. The number of ether oxygens (including phenoxy) is 2. The van der Waals surface area contributed by atoms with Gasteiger partial charge in [0.2, 0.25) is 0 Å². The fraction of sp³-hybridized carbons (Fsp3) is 0.323. The van der Waals surface area contributed by atoms with Crippen LogP contribution in [0.15, 0.2) is 73.3 Å². The minimum atomic E-state index is -4.56. The largest absolute Gasteiger partial charge is 0.416 e. The summed E-state index contributed by atoms with van der Waals surface area (Å²) in [5, 5.41) is 18.0. The summed E-state index contributed by atoms with van der Waals surface area (Å²) in [4.78, 5) is 16.6. The van der Waals surface area contributed by atoms with Crippen LogP contribution in [0.3, 0.4) is 0 Å². The molecule has 2 atom stereocenters. The number of carbonyl (C=O) groups is 1. The summed E-state index contributed by atoms with van der Waals surface area (Å²) in [5.41, 5.74) is -1.84. The van der Waals surface area contributed by atoms with Gasteiger partial charge in [0, 0.05) is 28.7 Å². The van der Waals surface area contributed by atoms with E-state index in [0.29, 0.717) is 12.0 Å². The first kappa shape index (κ1) is 32.5. The maximum Gasteiger partial charge on any atom is 0.416 e. The molecule has 45 heavy (non-hydrogen) atoms. The van der Waals surface area contributed by atoms with E-state index in [0.717, 1.165) is 30.3 Å². The van der Waals surface area contributed by atoms with Crippen LogP contribution in [-0.4, -0.2) is 39.0 Å². The average Bonchev–Trinajstić information content (AvgIpc) is 3.51. The first-order valence-corrected chi connectivity index (χ1v) is 14.2. The molecule has 0 saturated carbocycles. The molecule has 1 amide bonds. The van der Waals surface area contributed by atoms with Gasteiger partial charge in [-0.25, -0.2) is 18.4 Å². The highest BCUT2D eigenvalue weighted by Crippen LogP contribution is 2.39. The number of hydrogen-bond acceptors (Lipinski definition) is 6. The minimum Gasteiger partial charge on any atom is -0.383 e. The molecule has 14 heteroatoms. The van der Waals surface area contributed by atoms with Crippen LogP contribution in [-0.2, 0) is 27.8 Å². The van der Waals surface area contributed by atoms with Crippen molar-refractivity contribution in [3.8, 4) is 0 Å². The normalized spacial score (nSPS) is 19.1. The van der Waals surface area contributed by atoms with Crippen molar-refractivity contribution in [2.45, 2.75) is 38.0 Å². The second kappa shape index (κ2) is 13.2. The molecule has 2 unspecified atom stereocenters. The van der Waals surface area contributed by atoms with Gasteiger partial charge in [-0.15, -0.1) is 0 Å². The van der Waals surface area contributed by atoms with E-state index in [1.165, 1.54) is 35.5 Å². The van der Waals surface area contributed by atoms with Gasteiger partial charge in [0.25, 0.3) is 5.91 Å². The molecule has 0 spiro atoms. The first-order chi connectivity index (χ1) is 21.3. The summed E-state index contributed by atoms with van der Waals surface area (Å²) in [7, 11) is 0. The second-order valence-electron chi connectivity index (χ2n) is 10.9. The lowest BCUT2D eigenvalue weighted by atomic mass is 9.77. The number of hydrogen-bond donors (Lipinski definition) is 2. The molecule has 8 nitrogen and oxygen atoms in total. The molecule has 1 aliphatic heterocycles. The van der Waals surface area contributed by atoms with Gasteiger partial charge in [0.1, 0.15) is 29.9 Å². The Morgan fingerprint density at radius 1 is 1.09 bits per heavy atom. The number of anilines is 1. The second-order valence-corrected chi connectivity index (χ2v) is 11.3. The zero-order valence-electron chi connectivity index (χ0n) is 23.8. The monoisotopic (exact) mass is 650 g/mol. The van der Waals surface area contributed by atoms with Gasteiger partial charge in [-0.2, -0.15) is 18.3 Å². The minimum absolute atomic E-state index is 0.0355. The van der Waals surface area contributed by atoms with Crippen molar-refractivity contribution in [1.29, 1.82) is 0 Å². The van der Waals surface area contributed by atoms with Gasteiger partial charge >= 0.3 is 6.18 Å². The van der Waals surface area contributed by atoms with E-state index in [-0.39, 0.29) is 47.5 Å². The molecule has 2 heterocycles. The number of aromatic nitrogens is 3. The van der Waals surface area contributed by atoms with E-state index >= 15 is 0 Å². The molecule has 0 radical (unpaired) electrons. The van der Waals surface area contributed by atoms with Crippen molar-refractivity contribution in [3.63, 3.8) is 0 Å². The number of nitrogens with zero attached hydrogens (tertiary/aromatic N) is 3. The number of alkyl halides is 3. The molecule has 1 aliphatic rings. The highest BCUT2D eigenvalue weighted by Gasteiger charge is 2.41. The van der Waals surface area contributed by atoms with Crippen molar-refractivity contribution in [2.24, 2.45) is 11.8 Å². The maximum atomic E-state index is 14.8. The SMILES string of the molecule is CC(CC1COC(c2ccc(C(=O)Nc3ccc(C(F)(F)F)cc3Cl)cc2)OC1)C(O)(Cn1cncn1)c1ccc(F)cc1F. The van der Waals surface area contributed by atoms with Gasteiger partial charge < -0.3 is 19.9 Å². The lowest BCUT2D eigenvalue weighted by Gasteiger charge is -2.38. The van der Waals surface area contributed by atoms with E-state index in [4.69, 9.17) is 21.1 Å². The topological polar surface area (TPSA) is 98.5 Å². The third-order valence-corrected chi connectivity index (χ3v) is 8.04. The molecule has 3 aromatic carbocycles. The summed E-state index contributed by atoms with van der Waals surface area (Å²) < 4.78 is 80.4. The third kappa shape index (κ3) is 7.50. The summed E-state index contributed by atoms with van der Waals surface area (Å²) in [6.45, 7) is 2.16. The predicted octanol–water partition coefficient (Wildman–Crippen LogP) is 6.76. The standard InChI is InChI=1S/C31H28ClF5N4O4/c1-18(30(43,15-41-17-38-16-39-41)24-8-7-23(33)12-26(24)34)10-19-13-44-29(45-14-19)21-4-2-20(3-5-21)28(42)40-27-9-6-22(11-25(27)32)31(35,36)37/h2-9,11-12,16-19,29,43H,10,13-15H2,1H3,(H,40,42). The Labute approximate surface area is 259 Å². The first-order valence-electron chi connectivity index (χ1n) is 13.8. The van der Waals surface area contributed by atoms with E-state index in [1.54, 1.807) is 19.1 Å². The van der Waals surface area contributed by atoms with Crippen molar-refractivity contribution in [3.05, 3.63) is 112 Å². The predicted molar refractivity (Wildman–Crippen MR) is 153 cm³/mol. The van der Waals surface area contributed by atoms with Crippen molar-refractivity contribution in [2.75, 3.05) is 18.5 Å². The molecule has 1 aromatic heterocycles. The third-order valence-electron chi connectivity index (χ3n) is 7.73. The summed E-state index contributed by atoms with van der Waals surface area (Å²) in [6.07, 6.45) is -2.23. The Morgan fingerprint density at radius 3 is 2.40 bits per heavy atom. The van der Waals surface area contributed by atoms with Gasteiger partial charge in [0.15, 0.2) is 6.29 Å². The van der Waals surface area contributed by atoms with Crippen LogP contribution in [0.1, 0.15) is 46.7 Å². The fourth-order valence-corrected chi connectivity index (χ4v) is 5.48. The highest BCUT2D eigenvalue weighted by molar-refractivity contribution is 6.34. The Morgan fingerprint density at radius 2 is 1.80 bits per heavy atom. The number of aliphatic hydroxyl groups is 1. The fourth-order valence-electron chi connectivity index (χ4n) is 5.25. The zero-order valence-corrected chi connectivity index (χ0v) is 24.5. The molecule has 1 saturated heterocycles. The van der Waals surface area contributed by atoms with Crippen LogP contribution in [0.5, 0.6) is 0 Å².